The molecule has 1 rings (SSSR count). The molecule has 0 aliphatic carbocycles. The maximum atomic E-state index is 11.7. The van der Waals surface area contributed by atoms with Gasteiger partial charge < -0.3 is 11.1 Å². The van der Waals surface area contributed by atoms with E-state index in [2.05, 4.69) is 19.2 Å². The predicted molar refractivity (Wildman–Crippen MR) is 78.5 cm³/mol. The number of thioether (sulfide) groups is 1. The van der Waals surface area contributed by atoms with Gasteiger partial charge in [0.25, 0.3) is 0 Å². The molecule has 0 saturated heterocycles. The highest BCUT2D eigenvalue weighted by atomic mass is 32.2. The first-order valence-corrected chi connectivity index (χ1v) is 7.78. The van der Waals surface area contributed by atoms with Crippen molar-refractivity contribution in [3.05, 3.63) is 4.88 Å². The second-order valence-electron chi connectivity index (χ2n) is 4.26. The van der Waals surface area contributed by atoms with Crippen molar-refractivity contribution in [1.29, 1.82) is 0 Å². The minimum Gasteiger partial charge on any atom is -0.396 e. The van der Waals surface area contributed by atoms with Crippen molar-refractivity contribution in [3.63, 3.8) is 0 Å². The molecule has 0 radical (unpaired) electrons. The van der Waals surface area contributed by atoms with E-state index in [4.69, 9.17) is 5.73 Å². The minimum atomic E-state index is 0.125. The Hall–Kier alpha value is -0.680. The largest absolute Gasteiger partial charge is 0.396 e. The summed E-state index contributed by atoms with van der Waals surface area (Å²) in [4.78, 5) is 13.5. The molecular weight excluding hydrogens is 252 g/mol. The summed E-state index contributed by atoms with van der Waals surface area (Å²) in [6, 6.07) is 0. The fourth-order valence-corrected chi connectivity index (χ4v) is 3.46. The van der Waals surface area contributed by atoms with E-state index in [1.54, 1.807) is 11.8 Å². The molecule has 1 heterocycles. The standard InChI is InChI=1S/C12H20N2OS2/c1-5-8(15)10-9(13)11(16-4)12(17-10)14-6-7(2)3/h7,14H,5-6,13H2,1-4H3. The molecule has 0 saturated carbocycles. The van der Waals surface area contributed by atoms with E-state index in [9.17, 15) is 4.79 Å². The molecule has 0 fully saturated rings. The molecule has 0 aliphatic heterocycles. The van der Waals surface area contributed by atoms with Gasteiger partial charge in [0.05, 0.1) is 15.5 Å². The highest BCUT2D eigenvalue weighted by Crippen LogP contribution is 2.42. The fraction of sp³-hybridized carbons (Fsp3) is 0.583. The Morgan fingerprint density at radius 2 is 2.18 bits per heavy atom. The quantitative estimate of drug-likeness (QED) is 0.612. The minimum absolute atomic E-state index is 0.125. The van der Waals surface area contributed by atoms with E-state index in [-0.39, 0.29) is 5.78 Å². The summed E-state index contributed by atoms with van der Waals surface area (Å²) in [5, 5.41) is 4.40. The first-order chi connectivity index (χ1) is 8.01. The smallest absolute Gasteiger partial charge is 0.174 e. The lowest BCUT2D eigenvalue weighted by molar-refractivity contribution is 0.0992. The van der Waals surface area contributed by atoms with Crippen LogP contribution in [0.4, 0.5) is 10.7 Å². The molecule has 3 N–H and O–H groups in total. The van der Waals surface area contributed by atoms with Gasteiger partial charge in [-0.05, 0) is 12.2 Å². The number of carbonyl (C=O) groups is 1. The molecule has 0 aliphatic rings. The third kappa shape index (κ3) is 3.39. The van der Waals surface area contributed by atoms with E-state index < -0.39 is 0 Å². The predicted octanol–water partition coefficient (Wildman–Crippen LogP) is 3.71. The van der Waals surface area contributed by atoms with E-state index in [1.807, 2.05) is 13.2 Å². The number of anilines is 2. The Morgan fingerprint density at radius 1 is 1.53 bits per heavy atom. The number of hydrogen-bond acceptors (Lipinski definition) is 5. The van der Waals surface area contributed by atoms with Crippen LogP contribution in [0.15, 0.2) is 4.90 Å². The molecule has 0 bridgehead atoms. The molecule has 5 heteroatoms. The van der Waals surface area contributed by atoms with Crippen LogP contribution in [0.5, 0.6) is 0 Å². The van der Waals surface area contributed by atoms with Crippen molar-refractivity contribution in [1.82, 2.24) is 0 Å². The average Bonchev–Trinajstić information content (AvgIpc) is 2.62. The SMILES string of the molecule is CCC(=O)c1sc(NCC(C)C)c(SC)c1N. The number of thiophene rings is 1. The van der Waals surface area contributed by atoms with Gasteiger partial charge in [0.2, 0.25) is 0 Å². The zero-order valence-corrected chi connectivity index (χ0v) is 12.4. The van der Waals surface area contributed by atoms with Crippen LogP contribution >= 0.6 is 23.1 Å². The number of nitrogen functional groups attached to an aromatic ring is 1. The van der Waals surface area contributed by atoms with Crippen molar-refractivity contribution in [2.45, 2.75) is 32.1 Å². The van der Waals surface area contributed by atoms with Crippen molar-refractivity contribution in [2.24, 2.45) is 5.92 Å². The Morgan fingerprint density at radius 3 is 2.65 bits per heavy atom. The van der Waals surface area contributed by atoms with Crippen LogP contribution in [0.1, 0.15) is 36.9 Å². The van der Waals surface area contributed by atoms with Gasteiger partial charge in [-0.15, -0.1) is 23.1 Å². The summed E-state index contributed by atoms with van der Waals surface area (Å²) < 4.78 is 0. The van der Waals surface area contributed by atoms with Gasteiger partial charge in [0, 0.05) is 13.0 Å². The lowest BCUT2D eigenvalue weighted by atomic mass is 10.2. The Labute approximate surface area is 111 Å². The van der Waals surface area contributed by atoms with Crippen LogP contribution in [0, 0.1) is 5.92 Å². The third-order valence-electron chi connectivity index (χ3n) is 2.35. The monoisotopic (exact) mass is 272 g/mol. The lowest BCUT2D eigenvalue weighted by Gasteiger charge is -2.08. The first-order valence-electron chi connectivity index (χ1n) is 5.74. The van der Waals surface area contributed by atoms with Crippen LogP contribution in [0.25, 0.3) is 0 Å². The van der Waals surface area contributed by atoms with E-state index in [1.165, 1.54) is 11.3 Å². The molecule has 0 aromatic carbocycles. The molecule has 1 aromatic heterocycles. The van der Waals surface area contributed by atoms with E-state index in [0.717, 1.165) is 16.4 Å². The average molecular weight is 272 g/mol. The van der Waals surface area contributed by atoms with Gasteiger partial charge in [-0.3, -0.25) is 4.79 Å². The molecule has 1 aromatic rings. The van der Waals surface area contributed by atoms with Gasteiger partial charge in [0.15, 0.2) is 5.78 Å². The number of nitrogens with two attached hydrogens (primary N) is 1. The lowest BCUT2D eigenvalue weighted by Crippen LogP contribution is -2.07. The zero-order valence-electron chi connectivity index (χ0n) is 10.8. The number of hydrogen-bond donors (Lipinski definition) is 2. The van der Waals surface area contributed by atoms with Crippen LogP contribution < -0.4 is 11.1 Å². The molecule has 3 nitrogen and oxygen atoms in total. The number of Topliss-reactive ketones (excluding diaryl/α,β-unsaturated/α-hetero) is 1. The summed E-state index contributed by atoms with van der Waals surface area (Å²) in [6.07, 6.45) is 2.49. The second-order valence-corrected chi connectivity index (χ2v) is 6.10. The van der Waals surface area contributed by atoms with Crippen molar-refractivity contribution in [3.8, 4) is 0 Å². The van der Waals surface area contributed by atoms with Gasteiger partial charge >= 0.3 is 0 Å². The van der Waals surface area contributed by atoms with Crippen molar-refractivity contribution in [2.75, 3.05) is 23.9 Å². The van der Waals surface area contributed by atoms with Crippen LogP contribution in [-0.2, 0) is 0 Å². The maximum Gasteiger partial charge on any atom is 0.174 e. The zero-order chi connectivity index (χ0) is 13.0. The van der Waals surface area contributed by atoms with Crippen LogP contribution in [0.3, 0.4) is 0 Å². The highest BCUT2D eigenvalue weighted by Gasteiger charge is 2.19. The summed E-state index contributed by atoms with van der Waals surface area (Å²) in [5.41, 5.74) is 6.67. The highest BCUT2D eigenvalue weighted by molar-refractivity contribution is 7.99. The van der Waals surface area contributed by atoms with Crippen LogP contribution in [0.2, 0.25) is 0 Å². The summed E-state index contributed by atoms with van der Waals surface area (Å²) >= 11 is 3.07. The van der Waals surface area contributed by atoms with E-state index in [0.29, 0.717) is 22.9 Å². The Balaban J connectivity index is 3.00. The Bertz CT molecular complexity index is 399. The summed E-state index contributed by atoms with van der Waals surface area (Å²) in [6.45, 7) is 7.07. The topological polar surface area (TPSA) is 55.1 Å². The summed E-state index contributed by atoms with van der Waals surface area (Å²) in [7, 11) is 0. The van der Waals surface area contributed by atoms with E-state index >= 15 is 0 Å². The molecule has 0 spiro atoms. The van der Waals surface area contributed by atoms with Gasteiger partial charge in [0.1, 0.15) is 5.00 Å². The molecule has 17 heavy (non-hydrogen) atoms. The van der Waals surface area contributed by atoms with Gasteiger partial charge in [-0.2, -0.15) is 0 Å². The number of ketones is 1. The van der Waals surface area contributed by atoms with Gasteiger partial charge in [-0.25, -0.2) is 0 Å². The van der Waals surface area contributed by atoms with Gasteiger partial charge in [-0.1, -0.05) is 20.8 Å². The molecule has 0 atom stereocenters. The Kier molecular flexibility index (Phi) is 5.33. The number of carbonyl (C=O) groups excluding carboxylic acids is 1. The first kappa shape index (κ1) is 14.4. The second kappa shape index (κ2) is 6.31. The normalized spacial score (nSPS) is 10.9. The van der Waals surface area contributed by atoms with Crippen molar-refractivity contribution < 1.29 is 4.79 Å². The molecule has 0 unspecified atom stereocenters. The third-order valence-corrected chi connectivity index (χ3v) is 4.51. The molecule has 96 valence electrons. The number of nitrogens with one attached hydrogen (secondary N) is 1. The summed E-state index contributed by atoms with van der Waals surface area (Å²) in [5.74, 6) is 0.693. The van der Waals surface area contributed by atoms with Crippen LogP contribution in [-0.4, -0.2) is 18.6 Å². The number of rotatable bonds is 6. The molecule has 0 amide bonds. The molecular formula is C12H20N2OS2. The van der Waals surface area contributed by atoms with Crippen molar-refractivity contribution >= 4 is 39.6 Å². The fourth-order valence-electron chi connectivity index (χ4n) is 1.41. The maximum absolute atomic E-state index is 11.7.